The van der Waals surface area contributed by atoms with E-state index in [4.69, 9.17) is 15.2 Å². The third-order valence-electron chi connectivity index (χ3n) is 5.11. The predicted octanol–water partition coefficient (Wildman–Crippen LogP) is 2.45. The Labute approximate surface area is 198 Å². The lowest BCUT2D eigenvalue weighted by Crippen LogP contribution is -2.28. The molecule has 0 bridgehead atoms. The van der Waals surface area contributed by atoms with Crippen LogP contribution in [-0.4, -0.2) is 44.2 Å². The molecule has 0 atom stereocenters. The number of carbonyl (C=O) groups excluding carboxylic acids is 2. The van der Waals surface area contributed by atoms with Gasteiger partial charge >= 0.3 is 11.7 Å². The van der Waals surface area contributed by atoms with E-state index in [1.165, 1.54) is 24.3 Å². The third kappa shape index (κ3) is 4.47. The number of para-hydroxylation sites is 1. The molecule has 0 saturated carbocycles. The number of ether oxygens (including phenoxy) is 2. The minimum absolute atomic E-state index is 0.0102. The van der Waals surface area contributed by atoms with Crippen LogP contribution in [0.2, 0.25) is 0 Å². The summed E-state index contributed by atoms with van der Waals surface area (Å²) in [5.41, 5.74) is 5.38. The Bertz CT molecular complexity index is 1480. The van der Waals surface area contributed by atoms with E-state index in [1.54, 1.807) is 31.2 Å². The van der Waals surface area contributed by atoms with Crippen LogP contribution in [0.1, 0.15) is 24.3 Å². The van der Waals surface area contributed by atoms with Crippen LogP contribution in [0, 0.1) is 5.82 Å². The van der Waals surface area contributed by atoms with Gasteiger partial charge in [0, 0.05) is 0 Å². The molecule has 2 N–H and O–H groups in total. The smallest absolute Gasteiger partial charge is 0.335 e. The molecule has 0 unspecified atom stereocenters. The van der Waals surface area contributed by atoms with Crippen molar-refractivity contribution >= 4 is 23.0 Å². The molecule has 35 heavy (non-hydrogen) atoms. The molecule has 0 aliphatic carbocycles. The van der Waals surface area contributed by atoms with Crippen molar-refractivity contribution in [3.8, 4) is 22.8 Å². The fraction of sp³-hybridized carbons (Fsp3) is 0.208. The largest absolute Gasteiger partial charge is 0.493 e. The first kappa shape index (κ1) is 23.6. The van der Waals surface area contributed by atoms with E-state index in [0.29, 0.717) is 17.9 Å². The van der Waals surface area contributed by atoms with Crippen LogP contribution in [0.5, 0.6) is 5.75 Å². The zero-order chi connectivity index (χ0) is 25.1. The van der Waals surface area contributed by atoms with Crippen molar-refractivity contribution in [3.63, 3.8) is 0 Å². The summed E-state index contributed by atoms with van der Waals surface area (Å²) in [7, 11) is 0. The van der Waals surface area contributed by atoms with Crippen molar-refractivity contribution in [3.05, 3.63) is 70.5 Å². The summed E-state index contributed by atoms with van der Waals surface area (Å²) in [5.74, 6) is -1.59. The molecule has 11 heteroatoms. The number of imidazole rings is 1. The highest BCUT2D eigenvalue weighted by Gasteiger charge is 2.26. The van der Waals surface area contributed by atoms with Gasteiger partial charge in [-0.05, 0) is 50.2 Å². The van der Waals surface area contributed by atoms with Crippen molar-refractivity contribution in [2.75, 3.05) is 13.2 Å². The number of carbonyl (C=O) groups is 2. The molecule has 2 aromatic heterocycles. The topological polar surface area (TPSA) is 131 Å². The summed E-state index contributed by atoms with van der Waals surface area (Å²) in [6.45, 7) is 3.41. The van der Waals surface area contributed by atoms with Gasteiger partial charge in [-0.1, -0.05) is 12.1 Å². The second kappa shape index (κ2) is 9.75. The lowest BCUT2D eigenvalue weighted by Gasteiger charge is -2.11. The van der Waals surface area contributed by atoms with Gasteiger partial charge in [0.1, 0.15) is 23.6 Å². The molecule has 10 nitrogen and oxygen atoms in total. The molecule has 2 heterocycles. The first-order chi connectivity index (χ1) is 16.8. The number of aromatic nitrogens is 4. The quantitative estimate of drug-likeness (QED) is 0.384. The summed E-state index contributed by atoms with van der Waals surface area (Å²) >= 11 is 0. The zero-order valence-corrected chi connectivity index (χ0v) is 19.0. The number of hydrogen-bond donors (Lipinski definition) is 1. The summed E-state index contributed by atoms with van der Waals surface area (Å²) in [5, 5.41) is 0. The van der Waals surface area contributed by atoms with Gasteiger partial charge in [0.05, 0.1) is 24.5 Å². The van der Waals surface area contributed by atoms with Gasteiger partial charge in [-0.3, -0.25) is 14.2 Å². The van der Waals surface area contributed by atoms with Crippen molar-refractivity contribution in [1.82, 2.24) is 19.1 Å². The molecule has 4 rings (SSSR count). The van der Waals surface area contributed by atoms with E-state index in [2.05, 4.69) is 9.97 Å². The summed E-state index contributed by atoms with van der Waals surface area (Å²) in [4.78, 5) is 47.1. The lowest BCUT2D eigenvalue weighted by atomic mass is 10.1. The number of benzene rings is 2. The number of esters is 1. The number of primary amides is 1. The number of amides is 1. The summed E-state index contributed by atoms with van der Waals surface area (Å²) in [6, 6.07) is 12.0. The van der Waals surface area contributed by atoms with Crippen LogP contribution in [0.4, 0.5) is 4.39 Å². The van der Waals surface area contributed by atoms with Gasteiger partial charge in [0.15, 0.2) is 17.2 Å². The first-order valence-electron chi connectivity index (χ1n) is 10.8. The standard InChI is InChI=1S/C24H22FN5O5/c1-3-34-17-8-6-5-7-16(17)22-27-19(21(26)32)20-23(28-22)30(15-11-9-14(25)10-12-15)24(33)29(20)13-18(31)35-4-2/h5-12H,3-4,13H2,1-2H3,(H2,26,32). The van der Waals surface area contributed by atoms with Crippen LogP contribution in [-0.2, 0) is 16.1 Å². The second-order valence-electron chi connectivity index (χ2n) is 7.35. The Morgan fingerprint density at radius 1 is 1.03 bits per heavy atom. The summed E-state index contributed by atoms with van der Waals surface area (Å²) in [6.07, 6.45) is 0. The van der Waals surface area contributed by atoms with E-state index < -0.39 is 29.9 Å². The molecular formula is C24H22FN5O5. The fourth-order valence-electron chi connectivity index (χ4n) is 3.68. The SMILES string of the molecule is CCOC(=O)Cn1c(=O)n(-c2ccc(F)cc2)c2nc(-c3ccccc3OCC)nc(C(N)=O)c21. The van der Waals surface area contributed by atoms with E-state index in [9.17, 15) is 18.8 Å². The molecule has 2 aromatic carbocycles. The van der Waals surface area contributed by atoms with Gasteiger partial charge in [-0.15, -0.1) is 0 Å². The first-order valence-corrected chi connectivity index (χ1v) is 10.8. The van der Waals surface area contributed by atoms with Gasteiger partial charge in [0.2, 0.25) is 0 Å². The molecule has 0 saturated heterocycles. The van der Waals surface area contributed by atoms with Gasteiger partial charge in [-0.2, -0.15) is 0 Å². The maximum Gasteiger partial charge on any atom is 0.335 e. The number of nitrogens with zero attached hydrogens (tertiary/aromatic N) is 4. The van der Waals surface area contributed by atoms with Gasteiger partial charge in [0.25, 0.3) is 5.91 Å². The number of fused-ring (bicyclic) bond motifs is 1. The molecule has 180 valence electrons. The highest BCUT2D eigenvalue weighted by atomic mass is 19.1. The normalized spacial score (nSPS) is 10.9. The zero-order valence-electron chi connectivity index (χ0n) is 19.0. The van der Waals surface area contributed by atoms with Gasteiger partial charge < -0.3 is 15.2 Å². The molecule has 4 aromatic rings. The Morgan fingerprint density at radius 2 is 1.74 bits per heavy atom. The molecule has 1 amide bonds. The van der Waals surface area contributed by atoms with E-state index in [1.807, 2.05) is 6.92 Å². The molecule has 0 spiro atoms. The van der Waals surface area contributed by atoms with Crippen LogP contribution >= 0.6 is 0 Å². The highest BCUT2D eigenvalue weighted by molar-refractivity contribution is 6.02. The average Bonchev–Trinajstić information content (AvgIpc) is 3.10. The Morgan fingerprint density at radius 3 is 2.40 bits per heavy atom. The maximum absolute atomic E-state index is 13.6. The van der Waals surface area contributed by atoms with Crippen LogP contribution in [0.25, 0.3) is 28.2 Å². The third-order valence-corrected chi connectivity index (χ3v) is 5.11. The van der Waals surface area contributed by atoms with Crippen molar-refractivity contribution in [1.29, 1.82) is 0 Å². The lowest BCUT2D eigenvalue weighted by molar-refractivity contribution is -0.143. The molecule has 0 aliphatic heterocycles. The Balaban J connectivity index is 2.09. The Hall–Kier alpha value is -4.54. The van der Waals surface area contributed by atoms with Gasteiger partial charge in [-0.25, -0.2) is 23.7 Å². The van der Waals surface area contributed by atoms with Crippen molar-refractivity contribution < 1.29 is 23.5 Å². The molecule has 0 fully saturated rings. The number of halogens is 1. The number of rotatable bonds is 8. The number of nitrogens with two attached hydrogens (primary N) is 1. The molecule has 0 radical (unpaired) electrons. The Kier molecular flexibility index (Phi) is 6.58. The predicted molar refractivity (Wildman–Crippen MR) is 125 cm³/mol. The van der Waals surface area contributed by atoms with Crippen LogP contribution in [0.3, 0.4) is 0 Å². The van der Waals surface area contributed by atoms with E-state index in [0.717, 1.165) is 9.13 Å². The number of hydrogen-bond acceptors (Lipinski definition) is 7. The van der Waals surface area contributed by atoms with Crippen molar-refractivity contribution in [2.45, 2.75) is 20.4 Å². The molecule has 0 aliphatic rings. The van der Waals surface area contributed by atoms with E-state index >= 15 is 0 Å². The fourth-order valence-corrected chi connectivity index (χ4v) is 3.68. The van der Waals surface area contributed by atoms with Crippen LogP contribution in [0.15, 0.2) is 53.3 Å². The monoisotopic (exact) mass is 479 g/mol. The summed E-state index contributed by atoms with van der Waals surface area (Å²) < 4.78 is 26.4. The molecular weight excluding hydrogens is 457 g/mol. The van der Waals surface area contributed by atoms with Crippen molar-refractivity contribution in [2.24, 2.45) is 5.73 Å². The minimum atomic E-state index is -0.929. The highest BCUT2D eigenvalue weighted by Crippen LogP contribution is 2.30. The second-order valence-corrected chi connectivity index (χ2v) is 7.35. The van der Waals surface area contributed by atoms with Crippen LogP contribution < -0.4 is 16.2 Å². The minimum Gasteiger partial charge on any atom is -0.493 e. The average molecular weight is 479 g/mol. The van der Waals surface area contributed by atoms with E-state index in [-0.39, 0.29) is 35.0 Å². The maximum atomic E-state index is 13.6.